The molecule has 0 aliphatic heterocycles. The molecule has 0 radical (unpaired) electrons. The summed E-state index contributed by atoms with van der Waals surface area (Å²) in [6.45, 7) is 1.91. The first-order valence-corrected chi connectivity index (χ1v) is 11.7. The smallest absolute Gasteiger partial charge is 0.271 e. The van der Waals surface area contributed by atoms with Crippen molar-refractivity contribution in [2.75, 3.05) is 14.2 Å². The summed E-state index contributed by atoms with van der Waals surface area (Å²) in [7, 11) is 3.19. The Hall–Kier alpha value is -4.23. The van der Waals surface area contributed by atoms with Crippen LogP contribution in [0, 0.1) is 6.92 Å². The van der Waals surface area contributed by atoms with Crippen LogP contribution in [-0.2, 0) is 6.42 Å². The van der Waals surface area contributed by atoms with Crippen LogP contribution in [0.4, 0.5) is 0 Å². The predicted octanol–water partition coefficient (Wildman–Crippen LogP) is 5.38. The molecule has 2 aromatic heterocycles. The van der Waals surface area contributed by atoms with Crippen LogP contribution in [0.15, 0.2) is 77.6 Å². The van der Waals surface area contributed by atoms with Crippen molar-refractivity contribution in [3.8, 4) is 17.2 Å². The van der Waals surface area contributed by atoms with E-state index in [1.165, 1.54) is 4.68 Å². The minimum Gasteiger partial charge on any atom is -0.497 e. The molecule has 0 bridgehead atoms. The molecule has 0 spiro atoms. The van der Waals surface area contributed by atoms with Crippen molar-refractivity contribution in [1.29, 1.82) is 0 Å². The third-order valence-corrected chi connectivity index (χ3v) is 6.54. The van der Waals surface area contributed by atoms with Crippen LogP contribution in [0.5, 0.6) is 11.5 Å². The quantitative estimate of drug-likeness (QED) is 0.339. The first-order valence-electron chi connectivity index (χ1n) is 11.3. The molecule has 0 atom stereocenters. The maximum absolute atomic E-state index is 13.5. The van der Waals surface area contributed by atoms with Gasteiger partial charge in [0, 0.05) is 45.9 Å². The molecule has 0 unspecified atom stereocenters. The largest absolute Gasteiger partial charge is 0.497 e. The Kier molecular flexibility index (Phi) is 6.16. The van der Waals surface area contributed by atoms with Gasteiger partial charge in [-0.2, -0.15) is 0 Å². The van der Waals surface area contributed by atoms with Crippen molar-refractivity contribution in [1.82, 2.24) is 14.3 Å². The summed E-state index contributed by atoms with van der Waals surface area (Å²) in [5.74, 6) is 1.18. The third-order valence-electron chi connectivity index (χ3n) is 6.29. The molecule has 7 nitrogen and oxygen atoms in total. The Bertz CT molecular complexity index is 1640. The van der Waals surface area contributed by atoms with E-state index < -0.39 is 0 Å². The monoisotopic (exact) mass is 501 g/mol. The molecule has 0 fully saturated rings. The van der Waals surface area contributed by atoms with Gasteiger partial charge in [-0.25, -0.2) is 4.68 Å². The van der Waals surface area contributed by atoms with Crippen molar-refractivity contribution in [3.63, 3.8) is 0 Å². The highest BCUT2D eigenvalue weighted by Gasteiger charge is 2.21. The van der Waals surface area contributed by atoms with E-state index >= 15 is 0 Å². The third kappa shape index (κ3) is 4.18. The van der Waals surface area contributed by atoms with Gasteiger partial charge in [-0.1, -0.05) is 17.7 Å². The first kappa shape index (κ1) is 23.5. The van der Waals surface area contributed by atoms with Gasteiger partial charge in [0.1, 0.15) is 11.5 Å². The lowest BCUT2D eigenvalue weighted by molar-refractivity contribution is 0.0963. The minimum absolute atomic E-state index is 0.159. The number of nitrogens with one attached hydrogen (secondary N) is 1. The zero-order chi connectivity index (χ0) is 25.4. The molecule has 0 aliphatic carbocycles. The lowest BCUT2D eigenvalue weighted by atomic mass is 10.1. The first-order chi connectivity index (χ1) is 17.4. The van der Waals surface area contributed by atoms with Gasteiger partial charge in [-0.3, -0.25) is 19.3 Å². The van der Waals surface area contributed by atoms with E-state index in [0.29, 0.717) is 39.9 Å². The summed E-state index contributed by atoms with van der Waals surface area (Å²) in [6, 6.07) is 21.3. The Balaban J connectivity index is 1.61. The molecule has 0 aliphatic rings. The van der Waals surface area contributed by atoms with E-state index in [9.17, 15) is 9.59 Å². The van der Waals surface area contributed by atoms with Crippen LogP contribution < -0.4 is 15.0 Å². The normalized spacial score (nSPS) is 11.1. The number of hydrogen-bond acceptors (Lipinski definition) is 4. The standard InChI is InChI=1S/C28H24ClN3O4/c1-17-24(13-20-14-27(33)32(30-20)21-5-4-6-22(15-21)35-2)25-16-23(36-3)11-12-26(25)31(17)28(34)18-7-9-19(29)10-8-18/h4-12,14-16,30H,13H2,1-3H3. The van der Waals surface area contributed by atoms with Gasteiger partial charge < -0.3 is 9.47 Å². The highest BCUT2D eigenvalue weighted by molar-refractivity contribution is 6.30. The number of aromatic nitrogens is 3. The van der Waals surface area contributed by atoms with Crippen molar-refractivity contribution in [2.45, 2.75) is 13.3 Å². The van der Waals surface area contributed by atoms with Crippen LogP contribution in [-0.4, -0.2) is 34.5 Å². The average Bonchev–Trinajstić information content (AvgIpc) is 3.40. The lowest BCUT2D eigenvalue weighted by Crippen LogP contribution is -2.13. The zero-order valence-electron chi connectivity index (χ0n) is 20.0. The molecule has 3 aromatic carbocycles. The molecule has 8 heteroatoms. The summed E-state index contributed by atoms with van der Waals surface area (Å²) in [5, 5.41) is 4.65. The Labute approximate surface area is 212 Å². The van der Waals surface area contributed by atoms with Gasteiger partial charge in [0.2, 0.25) is 0 Å². The van der Waals surface area contributed by atoms with E-state index in [4.69, 9.17) is 21.1 Å². The number of methoxy groups -OCH3 is 2. The number of benzene rings is 3. The Morgan fingerprint density at radius 2 is 1.67 bits per heavy atom. The molecule has 182 valence electrons. The molecule has 1 N–H and O–H groups in total. The molecular formula is C28H24ClN3O4. The van der Waals surface area contributed by atoms with Gasteiger partial charge in [-0.15, -0.1) is 0 Å². The Morgan fingerprint density at radius 3 is 2.39 bits per heavy atom. The number of carbonyl (C=O) groups excluding carboxylic acids is 1. The van der Waals surface area contributed by atoms with Gasteiger partial charge in [0.05, 0.1) is 25.4 Å². The zero-order valence-corrected chi connectivity index (χ0v) is 20.8. The Morgan fingerprint density at radius 1 is 0.944 bits per heavy atom. The van der Waals surface area contributed by atoms with Crippen LogP contribution in [0.25, 0.3) is 16.6 Å². The second-order valence-corrected chi connectivity index (χ2v) is 8.86. The molecule has 5 rings (SSSR count). The molecule has 2 heterocycles. The van der Waals surface area contributed by atoms with Crippen molar-refractivity contribution < 1.29 is 14.3 Å². The number of rotatable bonds is 6. The highest BCUT2D eigenvalue weighted by atomic mass is 35.5. The van der Waals surface area contributed by atoms with Gasteiger partial charge in [-0.05, 0) is 67.1 Å². The number of hydrogen-bond donors (Lipinski definition) is 1. The van der Waals surface area contributed by atoms with Crippen molar-refractivity contribution >= 4 is 28.4 Å². The van der Waals surface area contributed by atoms with E-state index in [0.717, 1.165) is 22.2 Å². The van der Waals surface area contributed by atoms with E-state index in [1.54, 1.807) is 55.2 Å². The SMILES string of the molecule is COc1cccc(-n2[nH]c(Cc3c(C)n(C(=O)c4ccc(Cl)cc4)c4ccc(OC)cc34)cc2=O)c1. The average molecular weight is 502 g/mol. The number of carbonyl (C=O) groups is 1. The molecule has 0 saturated carbocycles. The minimum atomic E-state index is -0.186. The summed E-state index contributed by atoms with van der Waals surface area (Å²) >= 11 is 6.02. The number of nitrogens with zero attached hydrogens (tertiary/aromatic N) is 2. The fraction of sp³-hybridized carbons (Fsp3) is 0.143. The van der Waals surface area contributed by atoms with E-state index in [1.807, 2.05) is 43.3 Å². The van der Waals surface area contributed by atoms with E-state index in [-0.39, 0.29) is 11.5 Å². The maximum atomic E-state index is 13.5. The summed E-state index contributed by atoms with van der Waals surface area (Å²) in [4.78, 5) is 26.3. The number of fused-ring (bicyclic) bond motifs is 1. The number of aromatic amines is 1. The topological polar surface area (TPSA) is 78.2 Å². The van der Waals surface area contributed by atoms with Crippen LogP contribution in [0.3, 0.4) is 0 Å². The van der Waals surface area contributed by atoms with E-state index in [2.05, 4.69) is 5.10 Å². The fourth-order valence-electron chi connectivity index (χ4n) is 4.46. The van der Waals surface area contributed by atoms with Crippen LogP contribution in [0.2, 0.25) is 5.02 Å². The molecule has 0 amide bonds. The fourth-order valence-corrected chi connectivity index (χ4v) is 4.59. The number of ether oxygens (including phenoxy) is 2. The summed E-state index contributed by atoms with van der Waals surface area (Å²) in [6.07, 6.45) is 0.419. The summed E-state index contributed by atoms with van der Waals surface area (Å²) in [5.41, 5.74) is 4.20. The van der Waals surface area contributed by atoms with Crippen LogP contribution >= 0.6 is 11.6 Å². The second kappa shape index (κ2) is 9.43. The molecular weight excluding hydrogens is 478 g/mol. The molecule has 36 heavy (non-hydrogen) atoms. The number of halogens is 1. The lowest BCUT2D eigenvalue weighted by Gasteiger charge is -2.08. The highest BCUT2D eigenvalue weighted by Crippen LogP contribution is 2.32. The predicted molar refractivity (Wildman–Crippen MR) is 140 cm³/mol. The van der Waals surface area contributed by atoms with Crippen molar-refractivity contribution in [3.05, 3.63) is 111 Å². The van der Waals surface area contributed by atoms with Gasteiger partial charge in [0.15, 0.2) is 0 Å². The van der Waals surface area contributed by atoms with Crippen molar-refractivity contribution in [2.24, 2.45) is 0 Å². The van der Waals surface area contributed by atoms with Crippen LogP contribution in [0.1, 0.15) is 27.3 Å². The van der Waals surface area contributed by atoms with Gasteiger partial charge in [0.25, 0.3) is 11.5 Å². The molecule has 0 saturated heterocycles. The second-order valence-electron chi connectivity index (χ2n) is 8.43. The summed E-state index contributed by atoms with van der Waals surface area (Å²) < 4.78 is 13.9. The number of H-pyrrole nitrogens is 1. The molecule has 5 aromatic rings. The van der Waals surface area contributed by atoms with Gasteiger partial charge >= 0.3 is 0 Å². The maximum Gasteiger partial charge on any atom is 0.271 e.